The molecular weight excluding hydrogens is 298 g/mol. The smallest absolute Gasteiger partial charge is 0.258 e. The van der Waals surface area contributed by atoms with Crippen LogP contribution < -0.4 is 10.1 Å². The summed E-state index contributed by atoms with van der Waals surface area (Å²) in [5.74, 6) is 1.40. The molecule has 0 radical (unpaired) electrons. The lowest BCUT2D eigenvalue weighted by atomic mass is 10.2. The highest BCUT2D eigenvalue weighted by atomic mass is 16.5. The molecule has 1 atom stereocenters. The second-order valence-electron chi connectivity index (χ2n) is 5.40. The number of ether oxygens (including phenoxy) is 2. The maximum absolute atomic E-state index is 11.8. The van der Waals surface area contributed by atoms with Gasteiger partial charge in [-0.3, -0.25) is 4.79 Å². The summed E-state index contributed by atoms with van der Waals surface area (Å²) in [5.41, 5.74) is 0.753. The predicted octanol–water partition coefficient (Wildman–Crippen LogP) is 1.72. The van der Waals surface area contributed by atoms with Crippen molar-refractivity contribution < 1.29 is 18.8 Å². The summed E-state index contributed by atoms with van der Waals surface area (Å²) in [7, 11) is 0. The van der Waals surface area contributed by atoms with Crippen LogP contribution in [0.1, 0.15) is 18.7 Å². The predicted molar refractivity (Wildman–Crippen MR) is 81.9 cm³/mol. The molecule has 7 heteroatoms. The van der Waals surface area contributed by atoms with Crippen LogP contribution in [0.5, 0.6) is 5.75 Å². The van der Waals surface area contributed by atoms with Gasteiger partial charge < -0.3 is 19.3 Å². The van der Waals surface area contributed by atoms with Crippen molar-refractivity contribution >= 4 is 5.91 Å². The molecule has 23 heavy (non-hydrogen) atoms. The third-order valence-electron chi connectivity index (χ3n) is 3.53. The van der Waals surface area contributed by atoms with Gasteiger partial charge in [-0.25, -0.2) is 0 Å². The zero-order chi connectivity index (χ0) is 16.1. The Balaban J connectivity index is 1.50. The molecular formula is C16H19N3O4. The average molecular weight is 317 g/mol. The summed E-state index contributed by atoms with van der Waals surface area (Å²) in [5, 5.41) is 6.57. The molecule has 0 aliphatic carbocycles. The van der Waals surface area contributed by atoms with Gasteiger partial charge in [0.05, 0.1) is 6.10 Å². The minimum Gasteiger partial charge on any atom is -0.484 e. The maximum atomic E-state index is 11.8. The highest BCUT2D eigenvalue weighted by Gasteiger charge is 2.16. The van der Waals surface area contributed by atoms with Crippen LogP contribution in [0.3, 0.4) is 0 Å². The Morgan fingerprint density at radius 3 is 3.13 bits per heavy atom. The van der Waals surface area contributed by atoms with E-state index in [1.807, 2.05) is 12.1 Å². The lowest BCUT2D eigenvalue weighted by molar-refractivity contribution is -0.123. The number of aromatic nitrogens is 2. The molecule has 2 heterocycles. The fraction of sp³-hybridized carbons (Fsp3) is 0.438. The Morgan fingerprint density at radius 1 is 1.48 bits per heavy atom. The standard InChI is InChI=1S/C16H19N3O4/c1-11-18-16(23-19-11)12-4-2-5-13(8-12)22-10-15(20)17-9-14-6-3-7-21-14/h2,4-5,8,14H,3,6-7,9-10H2,1H3,(H,17,20)/t14-/m1/s1. The number of carbonyl (C=O) groups excluding carboxylic acids is 1. The molecule has 1 aromatic heterocycles. The Bertz CT molecular complexity index is 665. The van der Waals surface area contributed by atoms with E-state index < -0.39 is 0 Å². The zero-order valence-corrected chi connectivity index (χ0v) is 12.9. The van der Waals surface area contributed by atoms with E-state index in [2.05, 4.69) is 15.5 Å². The van der Waals surface area contributed by atoms with E-state index in [1.165, 1.54) is 0 Å². The van der Waals surface area contributed by atoms with E-state index in [9.17, 15) is 4.79 Å². The molecule has 1 N–H and O–H groups in total. The molecule has 1 aromatic carbocycles. The topological polar surface area (TPSA) is 86.5 Å². The van der Waals surface area contributed by atoms with Gasteiger partial charge in [0.25, 0.3) is 11.8 Å². The Labute approximate surface area is 134 Å². The van der Waals surface area contributed by atoms with Crippen molar-refractivity contribution in [1.82, 2.24) is 15.5 Å². The van der Waals surface area contributed by atoms with Crippen molar-refractivity contribution in [3.63, 3.8) is 0 Å². The Kier molecular flexibility index (Phi) is 4.87. The van der Waals surface area contributed by atoms with Crippen LogP contribution in [0.15, 0.2) is 28.8 Å². The number of nitrogens with zero attached hydrogens (tertiary/aromatic N) is 2. The van der Waals surface area contributed by atoms with Crippen LogP contribution >= 0.6 is 0 Å². The number of benzene rings is 1. The molecule has 0 bridgehead atoms. The van der Waals surface area contributed by atoms with E-state index in [0.29, 0.717) is 24.0 Å². The van der Waals surface area contributed by atoms with Crippen LogP contribution in [0, 0.1) is 6.92 Å². The van der Waals surface area contributed by atoms with Crippen LogP contribution in [0.2, 0.25) is 0 Å². The first kappa shape index (κ1) is 15.5. The molecule has 2 aromatic rings. The molecule has 7 nitrogen and oxygen atoms in total. The van der Waals surface area contributed by atoms with Crippen LogP contribution in [0.4, 0.5) is 0 Å². The van der Waals surface area contributed by atoms with Crippen molar-refractivity contribution in [2.45, 2.75) is 25.9 Å². The first-order chi connectivity index (χ1) is 11.2. The van der Waals surface area contributed by atoms with Gasteiger partial charge >= 0.3 is 0 Å². The number of rotatable bonds is 6. The van der Waals surface area contributed by atoms with Crippen molar-refractivity contribution in [3.8, 4) is 17.2 Å². The van der Waals surface area contributed by atoms with Gasteiger partial charge in [0.1, 0.15) is 5.75 Å². The molecule has 0 saturated carbocycles. The van der Waals surface area contributed by atoms with E-state index in [4.69, 9.17) is 14.0 Å². The van der Waals surface area contributed by atoms with Crippen molar-refractivity contribution in [2.24, 2.45) is 0 Å². The summed E-state index contributed by atoms with van der Waals surface area (Å²) in [6.45, 7) is 3.02. The normalized spacial score (nSPS) is 17.2. The van der Waals surface area contributed by atoms with Gasteiger partial charge in [-0.2, -0.15) is 4.98 Å². The fourth-order valence-electron chi connectivity index (χ4n) is 2.37. The fourth-order valence-corrected chi connectivity index (χ4v) is 2.37. The first-order valence-corrected chi connectivity index (χ1v) is 7.62. The number of hydrogen-bond donors (Lipinski definition) is 1. The third-order valence-corrected chi connectivity index (χ3v) is 3.53. The zero-order valence-electron chi connectivity index (χ0n) is 12.9. The van der Waals surface area contributed by atoms with Gasteiger partial charge in [0, 0.05) is 18.7 Å². The first-order valence-electron chi connectivity index (χ1n) is 7.62. The molecule has 3 rings (SSSR count). The molecule has 0 spiro atoms. The number of amides is 1. The maximum Gasteiger partial charge on any atom is 0.258 e. The summed E-state index contributed by atoms with van der Waals surface area (Å²) >= 11 is 0. The minimum atomic E-state index is -0.167. The lowest BCUT2D eigenvalue weighted by Crippen LogP contribution is -2.35. The molecule has 1 aliphatic heterocycles. The molecule has 1 aliphatic rings. The Hall–Kier alpha value is -2.41. The largest absolute Gasteiger partial charge is 0.484 e. The van der Waals surface area contributed by atoms with Gasteiger partial charge in [0.2, 0.25) is 0 Å². The van der Waals surface area contributed by atoms with Gasteiger partial charge in [0.15, 0.2) is 12.4 Å². The highest BCUT2D eigenvalue weighted by molar-refractivity contribution is 5.77. The van der Waals surface area contributed by atoms with Gasteiger partial charge in [-0.15, -0.1) is 0 Å². The van der Waals surface area contributed by atoms with Gasteiger partial charge in [-0.1, -0.05) is 11.2 Å². The van der Waals surface area contributed by atoms with Crippen LogP contribution in [0.25, 0.3) is 11.5 Å². The average Bonchev–Trinajstić information content (AvgIpc) is 3.23. The van der Waals surface area contributed by atoms with Crippen molar-refractivity contribution in [1.29, 1.82) is 0 Å². The molecule has 1 saturated heterocycles. The summed E-state index contributed by atoms with van der Waals surface area (Å²) in [6.07, 6.45) is 2.18. The number of nitrogens with one attached hydrogen (secondary N) is 1. The SMILES string of the molecule is Cc1noc(-c2cccc(OCC(=O)NC[C@H]3CCCO3)c2)n1. The number of aryl methyl sites for hydroxylation is 1. The second-order valence-corrected chi connectivity index (χ2v) is 5.40. The van der Waals surface area contributed by atoms with Crippen LogP contribution in [-0.4, -0.2) is 41.9 Å². The number of hydrogen-bond acceptors (Lipinski definition) is 6. The third kappa shape index (κ3) is 4.29. The van der Waals surface area contributed by atoms with E-state index in [-0.39, 0.29) is 18.6 Å². The number of carbonyl (C=O) groups is 1. The quantitative estimate of drug-likeness (QED) is 0.873. The van der Waals surface area contributed by atoms with E-state index in [0.717, 1.165) is 25.0 Å². The highest BCUT2D eigenvalue weighted by Crippen LogP contribution is 2.22. The molecule has 1 amide bonds. The molecule has 1 fully saturated rings. The minimum absolute atomic E-state index is 0.0426. The van der Waals surface area contributed by atoms with Crippen molar-refractivity contribution in [3.05, 3.63) is 30.1 Å². The van der Waals surface area contributed by atoms with E-state index in [1.54, 1.807) is 19.1 Å². The summed E-state index contributed by atoms with van der Waals surface area (Å²) in [4.78, 5) is 16.0. The summed E-state index contributed by atoms with van der Waals surface area (Å²) < 4.78 is 16.1. The molecule has 122 valence electrons. The molecule has 0 unspecified atom stereocenters. The monoisotopic (exact) mass is 317 g/mol. The van der Waals surface area contributed by atoms with Gasteiger partial charge in [-0.05, 0) is 38.0 Å². The second kappa shape index (κ2) is 7.23. The Morgan fingerprint density at radius 2 is 2.39 bits per heavy atom. The van der Waals surface area contributed by atoms with Crippen molar-refractivity contribution in [2.75, 3.05) is 19.8 Å². The van der Waals surface area contributed by atoms with E-state index >= 15 is 0 Å². The van der Waals surface area contributed by atoms with Crippen LogP contribution in [-0.2, 0) is 9.53 Å². The lowest BCUT2D eigenvalue weighted by Gasteiger charge is -2.11. The summed E-state index contributed by atoms with van der Waals surface area (Å²) in [6, 6.07) is 7.20.